The molecule has 2 nitrogen and oxygen atoms in total. The fraction of sp³-hybridized carbons (Fsp3) is 0.867. The third-order valence-corrected chi connectivity index (χ3v) is 5.06. The van der Waals surface area contributed by atoms with Gasteiger partial charge in [-0.25, -0.2) is 0 Å². The molecule has 1 aliphatic rings. The lowest BCUT2D eigenvalue weighted by Gasteiger charge is -2.59. The van der Waals surface area contributed by atoms with Gasteiger partial charge in [0.05, 0.1) is 0 Å². The van der Waals surface area contributed by atoms with Crippen LogP contribution >= 0.6 is 0 Å². The minimum absolute atomic E-state index is 0.529. The van der Waals surface area contributed by atoms with Crippen molar-refractivity contribution in [1.82, 2.24) is 10.6 Å². The normalized spacial score (nSPS) is 36.4. The van der Waals surface area contributed by atoms with Gasteiger partial charge in [-0.05, 0) is 36.6 Å². The maximum absolute atomic E-state index is 4.04. The van der Waals surface area contributed by atoms with E-state index in [0.717, 1.165) is 36.5 Å². The lowest BCUT2D eigenvalue weighted by atomic mass is 9.47. The molecule has 0 aromatic heterocycles. The highest BCUT2D eigenvalue weighted by molar-refractivity contribution is 5.04. The zero-order valence-electron chi connectivity index (χ0n) is 12.3. The van der Waals surface area contributed by atoms with Gasteiger partial charge in [-0.2, -0.15) is 0 Å². The van der Waals surface area contributed by atoms with E-state index in [-0.39, 0.29) is 0 Å². The average Bonchev–Trinajstić information content (AvgIpc) is 2.29. The molecule has 4 atom stereocenters. The van der Waals surface area contributed by atoms with Gasteiger partial charge in [-0.3, -0.25) is 0 Å². The number of hydrogen-bond donors (Lipinski definition) is 2. The Kier molecular flexibility index (Phi) is 5.05. The first-order valence-corrected chi connectivity index (χ1v) is 7.03. The molecule has 0 aliphatic heterocycles. The zero-order chi connectivity index (χ0) is 13.1. The van der Waals surface area contributed by atoms with Gasteiger partial charge in [-0.1, -0.05) is 40.7 Å². The summed E-state index contributed by atoms with van der Waals surface area (Å²) in [7, 11) is 1.96. The van der Waals surface area contributed by atoms with Crippen LogP contribution in [0, 0.1) is 23.2 Å². The van der Waals surface area contributed by atoms with E-state index in [1.807, 2.05) is 7.05 Å². The molecule has 0 heterocycles. The fourth-order valence-corrected chi connectivity index (χ4v) is 3.67. The molecule has 1 aliphatic carbocycles. The third-order valence-electron chi connectivity index (χ3n) is 5.06. The molecule has 0 amide bonds. The number of hydrogen-bond acceptors (Lipinski definition) is 2. The van der Waals surface area contributed by atoms with Crippen molar-refractivity contribution in [2.45, 2.75) is 40.5 Å². The zero-order valence-corrected chi connectivity index (χ0v) is 12.3. The highest BCUT2D eigenvalue weighted by Crippen LogP contribution is 2.57. The van der Waals surface area contributed by atoms with E-state index in [2.05, 4.69) is 44.9 Å². The Morgan fingerprint density at radius 2 is 2.00 bits per heavy atom. The van der Waals surface area contributed by atoms with Crippen molar-refractivity contribution >= 4 is 0 Å². The molecule has 0 saturated heterocycles. The van der Waals surface area contributed by atoms with Crippen LogP contribution in [-0.4, -0.2) is 20.1 Å². The Morgan fingerprint density at radius 1 is 1.35 bits per heavy atom. The Bertz CT molecular complexity index is 262. The summed E-state index contributed by atoms with van der Waals surface area (Å²) >= 11 is 0. The second-order valence-electron chi connectivity index (χ2n) is 6.02. The van der Waals surface area contributed by atoms with Crippen LogP contribution in [0.15, 0.2) is 12.3 Å². The van der Waals surface area contributed by atoms with Crippen molar-refractivity contribution in [1.29, 1.82) is 0 Å². The van der Waals surface area contributed by atoms with Gasteiger partial charge in [0.1, 0.15) is 0 Å². The summed E-state index contributed by atoms with van der Waals surface area (Å²) < 4.78 is 0. The van der Waals surface area contributed by atoms with Crippen LogP contribution in [0.3, 0.4) is 0 Å². The molecule has 2 heteroatoms. The molecular weight excluding hydrogens is 208 g/mol. The summed E-state index contributed by atoms with van der Waals surface area (Å²) in [5.74, 6) is 2.49. The molecule has 0 aromatic carbocycles. The predicted molar refractivity (Wildman–Crippen MR) is 75.9 cm³/mol. The minimum Gasteiger partial charge on any atom is -0.387 e. The molecular formula is C15H30N2. The first kappa shape index (κ1) is 14.6. The number of rotatable bonds is 7. The molecule has 2 N–H and O–H groups in total. The van der Waals surface area contributed by atoms with Crippen molar-refractivity contribution in [3.8, 4) is 0 Å². The molecule has 0 aromatic rings. The maximum Gasteiger partial charge on any atom is 0.0345 e. The van der Waals surface area contributed by atoms with Gasteiger partial charge in [0.2, 0.25) is 0 Å². The summed E-state index contributed by atoms with van der Waals surface area (Å²) in [5, 5.41) is 6.62. The largest absolute Gasteiger partial charge is 0.387 e. The highest BCUT2D eigenvalue weighted by atomic mass is 14.9. The second-order valence-corrected chi connectivity index (χ2v) is 6.02. The topological polar surface area (TPSA) is 24.1 Å². The first-order chi connectivity index (χ1) is 7.97. The van der Waals surface area contributed by atoms with E-state index >= 15 is 0 Å². The summed E-state index contributed by atoms with van der Waals surface area (Å²) in [5.41, 5.74) is 1.64. The van der Waals surface area contributed by atoms with E-state index < -0.39 is 0 Å². The second kappa shape index (κ2) is 5.90. The average molecular weight is 238 g/mol. The van der Waals surface area contributed by atoms with Crippen LogP contribution in [0.5, 0.6) is 0 Å². The van der Waals surface area contributed by atoms with Gasteiger partial charge < -0.3 is 10.6 Å². The van der Waals surface area contributed by atoms with Crippen LogP contribution in [-0.2, 0) is 0 Å². The summed E-state index contributed by atoms with van der Waals surface area (Å²) in [6.45, 7) is 15.6. The molecule has 1 saturated carbocycles. The van der Waals surface area contributed by atoms with Crippen LogP contribution in [0.2, 0.25) is 0 Å². The Hall–Kier alpha value is -0.500. The van der Waals surface area contributed by atoms with Gasteiger partial charge in [-0.15, -0.1) is 0 Å². The minimum atomic E-state index is 0.529. The summed E-state index contributed by atoms with van der Waals surface area (Å²) in [6, 6.07) is 0. The summed E-state index contributed by atoms with van der Waals surface area (Å²) in [6.07, 6.45) is 2.64. The SMILES string of the molecule is C=C(CNC)NCC1C(C)[C@@H](C)C1(C)CCC. The van der Waals surface area contributed by atoms with Crippen molar-refractivity contribution in [3.05, 3.63) is 12.3 Å². The molecule has 100 valence electrons. The Balaban J connectivity index is 2.49. The lowest BCUT2D eigenvalue weighted by Crippen LogP contribution is -2.56. The maximum atomic E-state index is 4.04. The lowest BCUT2D eigenvalue weighted by molar-refractivity contribution is -0.0952. The first-order valence-electron chi connectivity index (χ1n) is 7.03. The van der Waals surface area contributed by atoms with Crippen LogP contribution in [0.4, 0.5) is 0 Å². The molecule has 1 fully saturated rings. The molecule has 0 radical (unpaired) electrons. The molecule has 0 spiro atoms. The molecule has 0 bridgehead atoms. The Labute approximate surface area is 107 Å². The monoisotopic (exact) mass is 238 g/mol. The molecule has 17 heavy (non-hydrogen) atoms. The van der Waals surface area contributed by atoms with Gasteiger partial charge in [0.15, 0.2) is 0 Å². The standard InChI is InChI=1S/C15H30N2/c1-7-8-15(5)13(4)12(3)14(15)10-17-11(2)9-16-6/h12-14,16-17H,2,7-10H2,1,3-6H3/t12?,13-,14?,15?/m1/s1. The van der Waals surface area contributed by atoms with Crippen LogP contribution < -0.4 is 10.6 Å². The van der Waals surface area contributed by atoms with E-state index in [1.165, 1.54) is 12.8 Å². The van der Waals surface area contributed by atoms with E-state index in [0.29, 0.717) is 5.41 Å². The molecule has 1 rings (SSSR count). The summed E-state index contributed by atoms with van der Waals surface area (Å²) in [4.78, 5) is 0. The van der Waals surface area contributed by atoms with Crippen LogP contribution in [0.25, 0.3) is 0 Å². The van der Waals surface area contributed by atoms with Gasteiger partial charge in [0.25, 0.3) is 0 Å². The predicted octanol–water partition coefficient (Wildman–Crippen LogP) is 3.02. The van der Waals surface area contributed by atoms with Crippen LogP contribution in [0.1, 0.15) is 40.5 Å². The number of nitrogens with one attached hydrogen (secondary N) is 2. The fourth-order valence-electron chi connectivity index (χ4n) is 3.67. The van der Waals surface area contributed by atoms with Crippen molar-refractivity contribution in [2.24, 2.45) is 23.2 Å². The van der Waals surface area contributed by atoms with E-state index in [4.69, 9.17) is 0 Å². The molecule has 3 unspecified atom stereocenters. The Morgan fingerprint density at radius 3 is 2.53 bits per heavy atom. The smallest absolute Gasteiger partial charge is 0.0345 e. The highest BCUT2D eigenvalue weighted by Gasteiger charge is 2.53. The van der Waals surface area contributed by atoms with E-state index in [9.17, 15) is 0 Å². The van der Waals surface area contributed by atoms with Gasteiger partial charge >= 0.3 is 0 Å². The number of likely N-dealkylation sites (N-methyl/N-ethyl adjacent to an activating group) is 1. The third kappa shape index (κ3) is 2.85. The quantitative estimate of drug-likeness (QED) is 0.712. The van der Waals surface area contributed by atoms with Crippen molar-refractivity contribution in [3.63, 3.8) is 0 Å². The van der Waals surface area contributed by atoms with Crippen molar-refractivity contribution in [2.75, 3.05) is 20.1 Å². The van der Waals surface area contributed by atoms with Crippen molar-refractivity contribution < 1.29 is 0 Å². The van der Waals surface area contributed by atoms with Gasteiger partial charge in [0, 0.05) is 18.8 Å². The van der Waals surface area contributed by atoms with E-state index in [1.54, 1.807) is 0 Å².